The molecule has 1 aromatic heterocycles. The quantitative estimate of drug-likeness (QED) is 0.671. The fourth-order valence-corrected chi connectivity index (χ4v) is 2.69. The molecule has 3 aromatic rings. The van der Waals surface area contributed by atoms with Crippen LogP contribution in [0.5, 0.6) is 17.4 Å². The minimum atomic E-state index is -0.355. The standard InChI is InChI=1S/C19H19FN2O3/c1-24-17-6-3-12(9-18(17)25-2)7-8-21-11-15-14-10-13(20)4-5-16(14)22-19(15)23/h3-6,9-11,22-23H,7-8H2,1-2H3. The van der Waals surface area contributed by atoms with Gasteiger partial charge in [-0.15, -0.1) is 0 Å². The molecule has 130 valence electrons. The first-order valence-electron chi connectivity index (χ1n) is 7.83. The molecule has 0 fully saturated rings. The first-order valence-corrected chi connectivity index (χ1v) is 7.83. The largest absolute Gasteiger partial charge is 0.494 e. The SMILES string of the molecule is COc1ccc(CCN=Cc2c(O)[nH]c3ccc(F)cc23)cc1OC. The first-order chi connectivity index (χ1) is 12.1. The smallest absolute Gasteiger partial charge is 0.198 e. The lowest BCUT2D eigenvalue weighted by Gasteiger charge is -2.08. The Morgan fingerprint density at radius 1 is 1.12 bits per heavy atom. The predicted molar refractivity (Wildman–Crippen MR) is 95.6 cm³/mol. The number of aliphatic imine (C=N–C) groups is 1. The normalized spacial score (nSPS) is 11.3. The number of fused-ring (bicyclic) bond motifs is 1. The van der Waals surface area contributed by atoms with Crippen LogP contribution in [0.1, 0.15) is 11.1 Å². The van der Waals surface area contributed by atoms with E-state index in [0.717, 1.165) is 5.56 Å². The molecule has 3 rings (SSSR count). The zero-order valence-corrected chi connectivity index (χ0v) is 14.0. The molecule has 0 aliphatic heterocycles. The fraction of sp³-hybridized carbons (Fsp3) is 0.211. The summed E-state index contributed by atoms with van der Waals surface area (Å²) in [6, 6.07) is 10.0. The summed E-state index contributed by atoms with van der Waals surface area (Å²) < 4.78 is 23.9. The van der Waals surface area contributed by atoms with Crippen LogP contribution in [-0.4, -0.2) is 37.1 Å². The van der Waals surface area contributed by atoms with E-state index < -0.39 is 0 Å². The second kappa shape index (κ2) is 7.25. The molecule has 0 aliphatic carbocycles. The summed E-state index contributed by atoms with van der Waals surface area (Å²) in [5.41, 5.74) is 2.21. The number of nitrogens with one attached hydrogen (secondary N) is 1. The molecule has 0 amide bonds. The predicted octanol–water partition coefficient (Wildman–Crippen LogP) is 3.69. The van der Waals surface area contributed by atoms with Crippen molar-refractivity contribution in [2.45, 2.75) is 6.42 Å². The van der Waals surface area contributed by atoms with Gasteiger partial charge in [0.2, 0.25) is 0 Å². The van der Waals surface area contributed by atoms with Crippen LogP contribution in [0, 0.1) is 5.82 Å². The number of nitrogens with zero attached hydrogens (tertiary/aromatic N) is 1. The average molecular weight is 342 g/mol. The summed E-state index contributed by atoms with van der Waals surface area (Å²) in [7, 11) is 3.19. The third kappa shape index (κ3) is 3.57. The topological polar surface area (TPSA) is 66.8 Å². The van der Waals surface area contributed by atoms with Crippen molar-refractivity contribution in [2.24, 2.45) is 4.99 Å². The number of H-pyrrole nitrogens is 1. The number of hydrogen-bond acceptors (Lipinski definition) is 4. The monoisotopic (exact) mass is 342 g/mol. The number of aromatic amines is 1. The molecule has 0 spiro atoms. The van der Waals surface area contributed by atoms with Crippen LogP contribution in [0.3, 0.4) is 0 Å². The van der Waals surface area contributed by atoms with Gasteiger partial charge >= 0.3 is 0 Å². The third-order valence-electron chi connectivity index (χ3n) is 3.98. The maximum atomic E-state index is 13.4. The number of halogens is 1. The van der Waals surface area contributed by atoms with Crippen molar-refractivity contribution in [3.63, 3.8) is 0 Å². The van der Waals surface area contributed by atoms with Crippen LogP contribution in [-0.2, 0) is 6.42 Å². The van der Waals surface area contributed by atoms with Gasteiger partial charge < -0.3 is 19.6 Å². The van der Waals surface area contributed by atoms with E-state index in [-0.39, 0.29) is 11.7 Å². The highest BCUT2D eigenvalue weighted by Crippen LogP contribution is 2.28. The highest BCUT2D eigenvalue weighted by molar-refractivity contribution is 6.01. The van der Waals surface area contributed by atoms with E-state index >= 15 is 0 Å². The van der Waals surface area contributed by atoms with Crippen molar-refractivity contribution < 1.29 is 19.0 Å². The second-order valence-electron chi connectivity index (χ2n) is 5.55. The number of rotatable bonds is 6. The molecule has 0 unspecified atom stereocenters. The van der Waals surface area contributed by atoms with E-state index in [2.05, 4.69) is 9.98 Å². The summed E-state index contributed by atoms with van der Waals surface area (Å²) in [5.74, 6) is 0.983. The minimum Gasteiger partial charge on any atom is -0.494 e. The Morgan fingerprint density at radius 3 is 2.68 bits per heavy atom. The zero-order valence-electron chi connectivity index (χ0n) is 14.0. The van der Waals surface area contributed by atoms with Crippen molar-refractivity contribution in [3.05, 3.63) is 53.3 Å². The van der Waals surface area contributed by atoms with Crippen molar-refractivity contribution >= 4 is 17.1 Å². The Kier molecular flexibility index (Phi) is 4.88. The Morgan fingerprint density at radius 2 is 1.92 bits per heavy atom. The fourth-order valence-electron chi connectivity index (χ4n) is 2.69. The molecule has 5 nitrogen and oxygen atoms in total. The van der Waals surface area contributed by atoms with Gasteiger partial charge in [-0.3, -0.25) is 4.99 Å². The van der Waals surface area contributed by atoms with Crippen molar-refractivity contribution in [1.82, 2.24) is 4.98 Å². The summed E-state index contributed by atoms with van der Waals surface area (Å²) in [6.07, 6.45) is 2.27. The van der Waals surface area contributed by atoms with Crippen molar-refractivity contribution in [3.8, 4) is 17.4 Å². The molecule has 0 bridgehead atoms. The average Bonchev–Trinajstić information content (AvgIpc) is 2.93. The highest BCUT2D eigenvalue weighted by atomic mass is 19.1. The number of aromatic nitrogens is 1. The van der Waals surface area contributed by atoms with E-state index in [9.17, 15) is 9.50 Å². The number of aromatic hydroxyl groups is 1. The van der Waals surface area contributed by atoms with Crippen LogP contribution < -0.4 is 9.47 Å². The minimum absolute atomic E-state index is 0.0181. The summed E-state index contributed by atoms with van der Waals surface area (Å²) >= 11 is 0. The van der Waals surface area contributed by atoms with Crippen LogP contribution >= 0.6 is 0 Å². The Bertz CT molecular complexity index is 918. The number of ether oxygens (including phenoxy) is 2. The van der Waals surface area contributed by atoms with Gasteiger partial charge in [0.1, 0.15) is 5.82 Å². The van der Waals surface area contributed by atoms with Gasteiger partial charge in [0.05, 0.1) is 19.8 Å². The Labute approximate surface area is 144 Å². The van der Waals surface area contributed by atoms with Crippen molar-refractivity contribution in [1.29, 1.82) is 0 Å². The lowest BCUT2D eigenvalue weighted by Crippen LogP contribution is -1.95. The summed E-state index contributed by atoms with van der Waals surface area (Å²) in [5, 5.41) is 10.6. The molecule has 0 aliphatic rings. The first kappa shape index (κ1) is 16.8. The Hall–Kier alpha value is -3.02. The zero-order chi connectivity index (χ0) is 17.8. The van der Waals surface area contributed by atoms with Crippen LogP contribution in [0.2, 0.25) is 0 Å². The van der Waals surface area contributed by atoms with Gasteiger partial charge in [-0.05, 0) is 42.3 Å². The molecule has 2 N–H and O–H groups in total. The van der Waals surface area contributed by atoms with Gasteiger partial charge in [0.25, 0.3) is 0 Å². The molecule has 25 heavy (non-hydrogen) atoms. The molecule has 2 aromatic carbocycles. The molecule has 6 heteroatoms. The lowest BCUT2D eigenvalue weighted by molar-refractivity contribution is 0.354. The summed E-state index contributed by atoms with van der Waals surface area (Å²) in [6.45, 7) is 0.525. The van der Waals surface area contributed by atoms with E-state index in [0.29, 0.717) is 40.9 Å². The third-order valence-corrected chi connectivity index (χ3v) is 3.98. The second-order valence-corrected chi connectivity index (χ2v) is 5.55. The van der Waals surface area contributed by atoms with Gasteiger partial charge in [-0.25, -0.2) is 4.39 Å². The summed E-state index contributed by atoms with van der Waals surface area (Å²) in [4.78, 5) is 7.16. The van der Waals surface area contributed by atoms with E-state index in [1.807, 2.05) is 18.2 Å². The number of methoxy groups -OCH3 is 2. The van der Waals surface area contributed by atoms with E-state index in [1.165, 1.54) is 12.1 Å². The molecule has 1 heterocycles. The molecular formula is C19H19FN2O3. The molecular weight excluding hydrogens is 323 g/mol. The van der Waals surface area contributed by atoms with Gasteiger partial charge in [0, 0.05) is 23.7 Å². The number of hydrogen-bond donors (Lipinski definition) is 2. The van der Waals surface area contributed by atoms with E-state index in [4.69, 9.17) is 9.47 Å². The molecule has 0 atom stereocenters. The molecule has 0 saturated heterocycles. The van der Waals surface area contributed by atoms with Gasteiger partial charge in [0.15, 0.2) is 17.4 Å². The van der Waals surface area contributed by atoms with Crippen LogP contribution in [0.25, 0.3) is 10.9 Å². The highest BCUT2D eigenvalue weighted by Gasteiger charge is 2.09. The molecule has 0 radical (unpaired) electrons. The van der Waals surface area contributed by atoms with Gasteiger partial charge in [-0.1, -0.05) is 6.07 Å². The Balaban J connectivity index is 1.72. The maximum Gasteiger partial charge on any atom is 0.198 e. The maximum absolute atomic E-state index is 13.4. The lowest BCUT2D eigenvalue weighted by atomic mass is 10.1. The van der Waals surface area contributed by atoms with Crippen LogP contribution in [0.15, 0.2) is 41.4 Å². The van der Waals surface area contributed by atoms with Crippen molar-refractivity contribution in [2.75, 3.05) is 20.8 Å². The molecule has 0 saturated carbocycles. The van der Waals surface area contributed by atoms with Gasteiger partial charge in [-0.2, -0.15) is 0 Å². The van der Waals surface area contributed by atoms with Crippen LogP contribution in [0.4, 0.5) is 4.39 Å². The number of benzene rings is 2. The van der Waals surface area contributed by atoms with E-state index in [1.54, 1.807) is 26.5 Å².